The number of benzene rings is 1. The molecule has 0 aliphatic rings. The summed E-state index contributed by atoms with van der Waals surface area (Å²) in [5, 5.41) is 16.3. The summed E-state index contributed by atoms with van der Waals surface area (Å²) in [6, 6.07) is 7.87. The minimum atomic E-state index is -1.10. The minimum absolute atomic E-state index is 0.000296. The van der Waals surface area contributed by atoms with Gasteiger partial charge in [-0.2, -0.15) is 0 Å². The van der Waals surface area contributed by atoms with Crippen molar-refractivity contribution in [3.8, 4) is 0 Å². The number of carbonyl (C=O) groups is 2. The van der Waals surface area contributed by atoms with Crippen LogP contribution < -0.4 is 10.6 Å². The molecule has 0 unspecified atom stereocenters. The highest BCUT2D eigenvalue weighted by atomic mass is 35.5. The molecule has 0 fully saturated rings. The van der Waals surface area contributed by atoms with Gasteiger partial charge in [0.1, 0.15) is 0 Å². The number of halogens is 1. The van der Waals surface area contributed by atoms with Gasteiger partial charge in [-0.25, -0.2) is 9.59 Å². The topological polar surface area (TPSA) is 78.4 Å². The van der Waals surface area contributed by atoms with Crippen LogP contribution in [0, 0.1) is 0 Å². The van der Waals surface area contributed by atoms with Crippen LogP contribution in [-0.2, 0) is 6.42 Å². The molecule has 0 radical (unpaired) electrons. The van der Waals surface area contributed by atoms with Gasteiger partial charge in [0.05, 0.1) is 10.6 Å². The van der Waals surface area contributed by atoms with E-state index in [2.05, 4.69) is 10.6 Å². The van der Waals surface area contributed by atoms with Crippen molar-refractivity contribution in [1.29, 1.82) is 0 Å². The summed E-state index contributed by atoms with van der Waals surface area (Å²) in [5.41, 5.74) is 0.443. The van der Waals surface area contributed by atoms with Crippen molar-refractivity contribution in [2.75, 3.05) is 11.9 Å². The number of carboxylic acid groups (broad SMARTS) is 1. The van der Waals surface area contributed by atoms with Crippen molar-refractivity contribution in [3.05, 3.63) is 51.2 Å². The molecule has 0 aliphatic heterocycles. The molecule has 3 N–H and O–H groups in total. The highest BCUT2D eigenvalue weighted by Gasteiger charge is 2.10. The molecule has 2 amide bonds. The second kappa shape index (κ2) is 7.10. The molecule has 0 atom stereocenters. The zero-order chi connectivity index (χ0) is 15.2. The first-order valence-electron chi connectivity index (χ1n) is 6.16. The van der Waals surface area contributed by atoms with Crippen molar-refractivity contribution in [1.82, 2.24) is 5.32 Å². The average Bonchev–Trinajstić information content (AvgIpc) is 2.91. The van der Waals surface area contributed by atoms with Crippen molar-refractivity contribution in [2.24, 2.45) is 0 Å². The molecule has 1 aromatic heterocycles. The van der Waals surface area contributed by atoms with Crippen LogP contribution in [0.5, 0.6) is 0 Å². The average molecular weight is 325 g/mol. The Bertz CT molecular complexity index is 644. The molecule has 0 bridgehead atoms. The van der Waals surface area contributed by atoms with Gasteiger partial charge in [0.25, 0.3) is 0 Å². The van der Waals surface area contributed by atoms with E-state index in [-0.39, 0.29) is 16.6 Å². The van der Waals surface area contributed by atoms with Crippen molar-refractivity contribution >= 4 is 40.6 Å². The molecule has 0 saturated carbocycles. The third kappa shape index (κ3) is 4.47. The van der Waals surface area contributed by atoms with E-state index in [0.717, 1.165) is 6.42 Å². The van der Waals surface area contributed by atoms with Gasteiger partial charge in [0, 0.05) is 17.1 Å². The van der Waals surface area contributed by atoms with Gasteiger partial charge >= 0.3 is 12.0 Å². The lowest BCUT2D eigenvalue weighted by Crippen LogP contribution is -2.30. The molecule has 0 aliphatic carbocycles. The molecule has 110 valence electrons. The smallest absolute Gasteiger partial charge is 0.337 e. The lowest BCUT2D eigenvalue weighted by Gasteiger charge is -2.08. The number of urea groups is 1. The Kier molecular flexibility index (Phi) is 5.19. The van der Waals surface area contributed by atoms with Crippen molar-refractivity contribution < 1.29 is 14.7 Å². The molecular weight excluding hydrogens is 312 g/mol. The standard InChI is InChI=1S/C14H13ClN2O3S/c15-12-8-9(3-4-11(12)13(18)19)17-14(20)16-6-5-10-2-1-7-21-10/h1-4,7-8H,5-6H2,(H,18,19)(H2,16,17,20). The number of carbonyl (C=O) groups excluding carboxylic acids is 1. The van der Waals surface area contributed by atoms with Gasteiger partial charge < -0.3 is 15.7 Å². The Morgan fingerprint density at radius 1 is 1.29 bits per heavy atom. The predicted molar refractivity (Wildman–Crippen MR) is 83.5 cm³/mol. The van der Waals surface area contributed by atoms with Crippen LogP contribution in [0.4, 0.5) is 10.5 Å². The Labute approximate surface area is 130 Å². The highest BCUT2D eigenvalue weighted by Crippen LogP contribution is 2.20. The maximum absolute atomic E-state index is 11.7. The molecule has 21 heavy (non-hydrogen) atoms. The van der Waals surface area contributed by atoms with E-state index in [4.69, 9.17) is 16.7 Å². The van der Waals surface area contributed by atoms with E-state index < -0.39 is 5.97 Å². The van der Waals surface area contributed by atoms with Crippen LogP contribution in [0.1, 0.15) is 15.2 Å². The second-order valence-corrected chi connectivity index (χ2v) is 5.65. The molecule has 0 saturated heterocycles. The molecule has 0 spiro atoms. The molecule has 2 rings (SSSR count). The predicted octanol–water partition coefficient (Wildman–Crippen LogP) is 3.46. The third-order valence-corrected chi connectivity index (χ3v) is 3.94. The van der Waals surface area contributed by atoms with Crippen LogP contribution >= 0.6 is 22.9 Å². The highest BCUT2D eigenvalue weighted by molar-refractivity contribution is 7.09. The van der Waals surface area contributed by atoms with Crippen LogP contribution in [-0.4, -0.2) is 23.7 Å². The van der Waals surface area contributed by atoms with E-state index in [0.29, 0.717) is 12.2 Å². The van der Waals surface area contributed by atoms with Crippen LogP contribution in [0.25, 0.3) is 0 Å². The molecule has 1 aromatic carbocycles. The zero-order valence-electron chi connectivity index (χ0n) is 10.9. The zero-order valence-corrected chi connectivity index (χ0v) is 12.5. The Morgan fingerprint density at radius 3 is 2.71 bits per heavy atom. The van der Waals surface area contributed by atoms with E-state index in [1.165, 1.54) is 23.1 Å². The fourth-order valence-corrected chi connectivity index (χ4v) is 2.67. The Morgan fingerprint density at radius 2 is 2.10 bits per heavy atom. The number of anilines is 1. The normalized spacial score (nSPS) is 10.1. The van der Waals surface area contributed by atoms with Gasteiger partial charge in [-0.15, -0.1) is 11.3 Å². The lowest BCUT2D eigenvalue weighted by molar-refractivity contribution is 0.0697. The second-order valence-electron chi connectivity index (χ2n) is 4.21. The summed E-state index contributed by atoms with van der Waals surface area (Å²) >= 11 is 7.47. The summed E-state index contributed by atoms with van der Waals surface area (Å²) in [4.78, 5) is 23.7. The number of amides is 2. The van der Waals surface area contributed by atoms with Gasteiger partial charge in [-0.05, 0) is 36.1 Å². The number of thiophene rings is 1. The van der Waals surface area contributed by atoms with Gasteiger partial charge in [0.15, 0.2) is 0 Å². The third-order valence-electron chi connectivity index (χ3n) is 2.69. The summed E-state index contributed by atoms with van der Waals surface area (Å²) in [6.07, 6.45) is 0.768. The lowest BCUT2D eigenvalue weighted by atomic mass is 10.2. The fourth-order valence-electron chi connectivity index (χ4n) is 1.70. The molecule has 1 heterocycles. The molecule has 7 heteroatoms. The summed E-state index contributed by atoms with van der Waals surface area (Å²) in [5.74, 6) is -1.10. The van der Waals surface area contributed by atoms with E-state index in [9.17, 15) is 9.59 Å². The van der Waals surface area contributed by atoms with Gasteiger partial charge in [-0.3, -0.25) is 0 Å². The number of hydrogen-bond donors (Lipinski definition) is 3. The maximum atomic E-state index is 11.7. The Hall–Kier alpha value is -2.05. The summed E-state index contributed by atoms with van der Waals surface area (Å²) in [6.45, 7) is 0.521. The van der Waals surface area contributed by atoms with Crippen LogP contribution in [0.2, 0.25) is 5.02 Å². The largest absolute Gasteiger partial charge is 0.478 e. The van der Waals surface area contributed by atoms with E-state index >= 15 is 0 Å². The van der Waals surface area contributed by atoms with Gasteiger partial charge in [-0.1, -0.05) is 17.7 Å². The quantitative estimate of drug-likeness (QED) is 0.788. The molecule has 5 nitrogen and oxygen atoms in total. The van der Waals surface area contributed by atoms with Crippen LogP contribution in [0.3, 0.4) is 0 Å². The molecule has 2 aromatic rings. The summed E-state index contributed by atoms with van der Waals surface area (Å²) in [7, 11) is 0. The SMILES string of the molecule is O=C(NCCc1cccs1)Nc1ccc(C(=O)O)c(Cl)c1. The fraction of sp³-hybridized carbons (Fsp3) is 0.143. The van der Waals surface area contributed by atoms with E-state index in [1.807, 2.05) is 17.5 Å². The number of nitrogens with one attached hydrogen (secondary N) is 2. The van der Waals surface area contributed by atoms with Crippen LogP contribution in [0.15, 0.2) is 35.7 Å². The first kappa shape index (κ1) is 15.3. The number of hydrogen-bond acceptors (Lipinski definition) is 3. The molecular formula is C14H13ClN2O3S. The first-order valence-corrected chi connectivity index (χ1v) is 7.42. The van der Waals surface area contributed by atoms with Crippen molar-refractivity contribution in [2.45, 2.75) is 6.42 Å². The Balaban J connectivity index is 1.85. The minimum Gasteiger partial charge on any atom is -0.478 e. The maximum Gasteiger partial charge on any atom is 0.337 e. The number of carboxylic acids is 1. The van der Waals surface area contributed by atoms with Crippen molar-refractivity contribution in [3.63, 3.8) is 0 Å². The summed E-state index contributed by atoms with van der Waals surface area (Å²) < 4.78 is 0. The van der Waals surface area contributed by atoms with Gasteiger partial charge in [0.2, 0.25) is 0 Å². The number of aromatic carboxylic acids is 1. The van der Waals surface area contributed by atoms with E-state index in [1.54, 1.807) is 11.3 Å². The monoisotopic (exact) mass is 324 g/mol. The first-order chi connectivity index (χ1) is 10.1. The number of rotatable bonds is 5.